The molecule has 1 aromatic heterocycles. The molecule has 0 radical (unpaired) electrons. The van der Waals surface area contributed by atoms with Gasteiger partial charge in [0.05, 0.1) is 5.56 Å². The molecule has 0 spiro atoms. The third kappa shape index (κ3) is 4.71. The number of nitrogens with one attached hydrogen (secondary N) is 2. The number of anilines is 2. The maximum absolute atomic E-state index is 12.5. The van der Waals surface area contributed by atoms with Crippen LogP contribution in [0.1, 0.15) is 36.3 Å². The van der Waals surface area contributed by atoms with Crippen LogP contribution in [0.3, 0.4) is 0 Å². The van der Waals surface area contributed by atoms with Gasteiger partial charge in [-0.2, -0.15) is 13.2 Å². The molecule has 1 amide bonds. The van der Waals surface area contributed by atoms with Crippen molar-refractivity contribution in [2.75, 3.05) is 5.32 Å². The van der Waals surface area contributed by atoms with E-state index in [0.717, 1.165) is 18.6 Å². The van der Waals surface area contributed by atoms with Gasteiger partial charge < -0.3 is 10.6 Å². The molecule has 0 saturated carbocycles. The highest BCUT2D eigenvalue weighted by Gasteiger charge is 2.29. The largest absolute Gasteiger partial charge is 0.416 e. The lowest BCUT2D eigenvalue weighted by Crippen LogP contribution is -2.32. The molecule has 0 saturated heterocycles. The van der Waals surface area contributed by atoms with E-state index in [1.807, 2.05) is 13.8 Å². The summed E-state index contributed by atoms with van der Waals surface area (Å²) in [6.07, 6.45) is -2.09. The van der Waals surface area contributed by atoms with Gasteiger partial charge in [-0.1, -0.05) is 6.92 Å². The van der Waals surface area contributed by atoms with Crippen LogP contribution < -0.4 is 10.6 Å². The molecule has 0 aliphatic carbocycles. The van der Waals surface area contributed by atoms with Gasteiger partial charge in [0.1, 0.15) is 5.69 Å². The molecule has 2 aromatic rings. The lowest BCUT2D eigenvalue weighted by molar-refractivity contribution is -0.137. The Morgan fingerprint density at radius 2 is 1.83 bits per heavy atom. The molecule has 128 valence electrons. The molecule has 1 atom stereocenters. The predicted molar refractivity (Wildman–Crippen MR) is 86.2 cm³/mol. The van der Waals surface area contributed by atoms with Crippen LogP contribution in [-0.4, -0.2) is 16.9 Å². The van der Waals surface area contributed by atoms with E-state index in [9.17, 15) is 18.0 Å². The van der Waals surface area contributed by atoms with Crippen molar-refractivity contribution in [3.63, 3.8) is 0 Å². The molecule has 1 unspecified atom stereocenters. The van der Waals surface area contributed by atoms with E-state index in [1.54, 1.807) is 12.1 Å². The highest BCUT2D eigenvalue weighted by Crippen LogP contribution is 2.30. The second-order valence-electron chi connectivity index (χ2n) is 5.41. The molecule has 2 rings (SSSR count). The first-order valence-corrected chi connectivity index (χ1v) is 7.50. The second kappa shape index (κ2) is 7.33. The standard InChI is InChI=1S/C17H18F3N3O/c1-3-11(2)22-16(24)15-10-14(8-9-21-15)23-13-6-4-12(5-7-13)17(18,19)20/h4-11H,3H2,1-2H3,(H,21,23)(H,22,24). The number of carbonyl (C=O) groups is 1. The van der Waals surface area contributed by atoms with Crippen molar-refractivity contribution in [1.29, 1.82) is 0 Å². The van der Waals surface area contributed by atoms with E-state index in [0.29, 0.717) is 11.4 Å². The lowest BCUT2D eigenvalue weighted by Gasteiger charge is -2.12. The quantitative estimate of drug-likeness (QED) is 0.852. The fourth-order valence-electron chi connectivity index (χ4n) is 1.94. The monoisotopic (exact) mass is 337 g/mol. The Hall–Kier alpha value is -2.57. The average molecular weight is 337 g/mol. The van der Waals surface area contributed by atoms with Crippen LogP contribution in [0.25, 0.3) is 0 Å². The van der Waals surface area contributed by atoms with Crippen LogP contribution >= 0.6 is 0 Å². The van der Waals surface area contributed by atoms with Gasteiger partial charge in [-0.15, -0.1) is 0 Å². The fourth-order valence-corrected chi connectivity index (χ4v) is 1.94. The third-order valence-corrected chi connectivity index (χ3v) is 3.48. The molecule has 1 aromatic carbocycles. The van der Waals surface area contributed by atoms with Crippen LogP contribution in [0, 0.1) is 0 Å². The van der Waals surface area contributed by atoms with Gasteiger partial charge in [0, 0.05) is 23.6 Å². The smallest absolute Gasteiger partial charge is 0.355 e. The summed E-state index contributed by atoms with van der Waals surface area (Å²) < 4.78 is 37.6. The van der Waals surface area contributed by atoms with Gasteiger partial charge in [-0.05, 0) is 49.7 Å². The molecule has 0 bridgehead atoms. The van der Waals surface area contributed by atoms with Gasteiger partial charge in [0.25, 0.3) is 5.91 Å². The molecule has 0 fully saturated rings. The Labute approximate surface area is 138 Å². The number of hydrogen-bond acceptors (Lipinski definition) is 3. The Morgan fingerprint density at radius 3 is 2.42 bits per heavy atom. The molecule has 24 heavy (non-hydrogen) atoms. The number of pyridine rings is 1. The molecular weight excluding hydrogens is 319 g/mol. The summed E-state index contributed by atoms with van der Waals surface area (Å²) in [5.74, 6) is -0.291. The number of carbonyl (C=O) groups excluding carboxylic acids is 1. The number of benzene rings is 1. The van der Waals surface area contributed by atoms with Gasteiger partial charge in [0.2, 0.25) is 0 Å². The highest BCUT2D eigenvalue weighted by molar-refractivity contribution is 5.93. The van der Waals surface area contributed by atoms with E-state index in [1.165, 1.54) is 18.3 Å². The highest BCUT2D eigenvalue weighted by atomic mass is 19.4. The summed E-state index contributed by atoms with van der Waals surface area (Å²) in [7, 11) is 0. The van der Waals surface area contributed by atoms with Crippen LogP contribution in [0.2, 0.25) is 0 Å². The summed E-state index contributed by atoms with van der Waals surface area (Å²) in [6, 6.07) is 7.89. The van der Waals surface area contributed by atoms with Gasteiger partial charge in [0.15, 0.2) is 0 Å². The van der Waals surface area contributed by atoms with Gasteiger partial charge in [-0.25, -0.2) is 0 Å². The van der Waals surface area contributed by atoms with E-state index in [-0.39, 0.29) is 17.6 Å². The Bertz CT molecular complexity index is 699. The van der Waals surface area contributed by atoms with Crippen molar-refractivity contribution in [1.82, 2.24) is 10.3 Å². The fraction of sp³-hybridized carbons (Fsp3) is 0.294. The zero-order valence-corrected chi connectivity index (χ0v) is 13.3. The van der Waals surface area contributed by atoms with E-state index < -0.39 is 11.7 Å². The lowest BCUT2D eigenvalue weighted by atomic mass is 10.2. The topological polar surface area (TPSA) is 54.0 Å². The number of nitrogens with zero attached hydrogens (tertiary/aromatic N) is 1. The maximum Gasteiger partial charge on any atom is 0.416 e. The predicted octanol–water partition coefficient (Wildman–Crippen LogP) is 4.37. The first-order chi connectivity index (χ1) is 11.3. The van der Waals surface area contributed by atoms with Gasteiger partial charge >= 0.3 is 6.18 Å². The number of amides is 1. The van der Waals surface area contributed by atoms with Gasteiger partial charge in [-0.3, -0.25) is 9.78 Å². The maximum atomic E-state index is 12.5. The van der Waals surface area contributed by atoms with Crippen LogP contribution in [0.5, 0.6) is 0 Å². The van der Waals surface area contributed by atoms with Crippen molar-refractivity contribution in [2.45, 2.75) is 32.5 Å². The summed E-state index contributed by atoms with van der Waals surface area (Å²) in [6.45, 7) is 3.85. The molecule has 0 aliphatic rings. The third-order valence-electron chi connectivity index (χ3n) is 3.48. The van der Waals surface area contributed by atoms with E-state index in [4.69, 9.17) is 0 Å². The second-order valence-corrected chi connectivity index (χ2v) is 5.41. The minimum absolute atomic E-state index is 0.0332. The Morgan fingerprint density at radius 1 is 1.17 bits per heavy atom. The number of hydrogen-bond donors (Lipinski definition) is 2. The molecule has 2 N–H and O–H groups in total. The molecule has 7 heteroatoms. The molecule has 4 nitrogen and oxygen atoms in total. The summed E-state index contributed by atoms with van der Waals surface area (Å²) in [5, 5.41) is 5.76. The van der Waals surface area contributed by atoms with E-state index >= 15 is 0 Å². The molecule has 0 aliphatic heterocycles. The minimum atomic E-state index is -4.36. The summed E-state index contributed by atoms with van der Waals surface area (Å²) in [4.78, 5) is 16.1. The normalized spacial score (nSPS) is 12.5. The minimum Gasteiger partial charge on any atom is -0.355 e. The molecular formula is C17H18F3N3O. The SMILES string of the molecule is CCC(C)NC(=O)c1cc(Nc2ccc(C(F)(F)F)cc2)ccn1. The van der Waals surface area contributed by atoms with Crippen molar-refractivity contribution < 1.29 is 18.0 Å². The van der Waals surface area contributed by atoms with Crippen LogP contribution in [0.4, 0.5) is 24.5 Å². The zero-order chi connectivity index (χ0) is 17.7. The van der Waals surface area contributed by atoms with E-state index in [2.05, 4.69) is 15.6 Å². The van der Waals surface area contributed by atoms with Crippen molar-refractivity contribution >= 4 is 17.3 Å². The summed E-state index contributed by atoms with van der Waals surface area (Å²) in [5.41, 5.74) is 0.588. The van der Waals surface area contributed by atoms with Crippen molar-refractivity contribution in [2.24, 2.45) is 0 Å². The van der Waals surface area contributed by atoms with Crippen molar-refractivity contribution in [3.8, 4) is 0 Å². The van der Waals surface area contributed by atoms with Crippen LogP contribution in [0.15, 0.2) is 42.6 Å². The number of aromatic nitrogens is 1. The van der Waals surface area contributed by atoms with Crippen molar-refractivity contribution in [3.05, 3.63) is 53.9 Å². The van der Waals surface area contributed by atoms with Crippen LogP contribution in [-0.2, 0) is 6.18 Å². The summed E-state index contributed by atoms with van der Waals surface area (Å²) >= 11 is 0. The zero-order valence-electron chi connectivity index (χ0n) is 13.3. The number of alkyl halides is 3. The molecule has 1 heterocycles. The first kappa shape index (κ1) is 17.8. The average Bonchev–Trinajstić information content (AvgIpc) is 2.54. The Kier molecular flexibility index (Phi) is 5.43. The Balaban J connectivity index is 2.10. The first-order valence-electron chi connectivity index (χ1n) is 7.50. The number of rotatable bonds is 5. The number of halogens is 3.